The Bertz CT molecular complexity index is 660. The van der Waals surface area contributed by atoms with E-state index in [0.29, 0.717) is 26.2 Å². The fraction of sp³-hybridized carbons (Fsp3) is 0.389. The Morgan fingerprint density at radius 3 is 2.84 bits per heavy atom. The lowest BCUT2D eigenvalue weighted by atomic mass is 10.1. The van der Waals surface area contributed by atoms with Crippen LogP contribution in [0.25, 0.3) is 0 Å². The Hall–Kier alpha value is -1.60. The fourth-order valence-corrected chi connectivity index (χ4v) is 3.49. The van der Waals surface area contributed by atoms with E-state index in [1.165, 1.54) is 0 Å². The van der Waals surface area contributed by atoms with Crippen LogP contribution in [0.3, 0.4) is 0 Å². The summed E-state index contributed by atoms with van der Waals surface area (Å²) >= 11 is 1.65. The first kappa shape index (κ1) is 19.7. The highest BCUT2D eigenvalue weighted by Crippen LogP contribution is 2.22. The minimum Gasteiger partial charge on any atom is -0.496 e. The number of rotatable bonds is 6. The van der Waals surface area contributed by atoms with Crippen LogP contribution in [0.2, 0.25) is 0 Å². The fourth-order valence-electron chi connectivity index (χ4n) is 2.77. The van der Waals surface area contributed by atoms with Gasteiger partial charge in [0.2, 0.25) is 0 Å². The summed E-state index contributed by atoms with van der Waals surface area (Å²) in [4.78, 5) is 16.0. The Balaban J connectivity index is 0.00000225. The molecule has 1 fully saturated rings. The number of thiophene rings is 1. The number of amides is 1. The van der Waals surface area contributed by atoms with Crippen molar-refractivity contribution in [1.82, 2.24) is 10.2 Å². The predicted octanol–water partition coefficient (Wildman–Crippen LogP) is 2.70. The summed E-state index contributed by atoms with van der Waals surface area (Å²) in [5, 5.41) is 5.25. The van der Waals surface area contributed by atoms with Crippen LogP contribution in [0.15, 0.2) is 41.8 Å². The van der Waals surface area contributed by atoms with Gasteiger partial charge in [-0.05, 0) is 17.5 Å². The highest BCUT2D eigenvalue weighted by Gasteiger charge is 2.27. The van der Waals surface area contributed by atoms with Crippen LogP contribution in [-0.4, -0.2) is 43.7 Å². The maximum atomic E-state index is 13.0. The largest absolute Gasteiger partial charge is 0.496 e. The second-order valence-corrected chi connectivity index (χ2v) is 6.68. The van der Waals surface area contributed by atoms with E-state index in [2.05, 4.69) is 5.32 Å². The topological polar surface area (TPSA) is 50.8 Å². The number of nitrogens with one attached hydrogen (secondary N) is 1. The first-order chi connectivity index (χ1) is 11.8. The number of hydrogen-bond acceptors (Lipinski definition) is 5. The van der Waals surface area contributed by atoms with Gasteiger partial charge in [0, 0.05) is 30.1 Å². The SMILES string of the molecule is COc1ccccc1CN(Cc1cccs1)C(=O)C1CNCCO1.Cl. The lowest BCUT2D eigenvalue weighted by molar-refractivity contribution is -0.146. The number of benzene rings is 1. The minimum atomic E-state index is -0.423. The molecule has 0 radical (unpaired) electrons. The number of nitrogens with zero attached hydrogens (tertiary/aromatic N) is 1. The first-order valence-corrected chi connectivity index (χ1v) is 8.91. The van der Waals surface area contributed by atoms with Gasteiger partial charge in [0.25, 0.3) is 5.91 Å². The van der Waals surface area contributed by atoms with Crippen molar-refractivity contribution in [3.8, 4) is 5.75 Å². The zero-order valence-electron chi connectivity index (χ0n) is 14.1. The molecule has 136 valence electrons. The molecule has 3 rings (SSSR count). The van der Waals surface area contributed by atoms with Gasteiger partial charge in [-0.1, -0.05) is 24.3 Å². The van der Waals surface area contributed by atoms with Gasteiger partial charge < -0.3 is 19.7 Å². The standard InChI is InChI=1S/C18H22N2O3S.ClH/c1-22-16-7-3-2-5-14(16)12-20(13-15-6-4-10-24-15)18(21)17-11-19-8-9-23-17;/h2-7,10,17,19H,8-9,11-13H2,1H3;1H. The van der Waals surface area contributed by atoms with Crippen LogP contribution >= 0.6 is 23.7 Å². The number of carbonyl (C=O) groups is 1. The molecule has 1 atom stereocenters. The monoisotopic (exact) mass is 382 g/mol. The molecule has 1 aliphatic rings. The average molecular weight is 383 g/mol. The average Bonchev–Trinajstić information content (AvgIpc) is 3.15. The van der Waals surface area contributed by atoms with Crippen molar-refractivity contribution in [2.24, 2.45) is 0 Å². The van der Waals surface area contributed by atoms with Gasteiger partial charge in [-0.3, -0.25) is 4.79 Å². The summed E-state index contributed by atoms with van der Waals surface area (Å²) in [7, 11) is 1.65. The molecule has 0 spiro atoms. The van der Waals surface area contributed by atoms with Crippen molar-refractivity contribution in [3.63, 3.8) is 0 Å². The van der Waals surface area contributed by atoms with E-state index in [1.54, 1.807) is 18.4 Å². The van der Waals surface area contributed by atoms with E-state index in [0.717, 1.165) is 22.7 Å². The molecule has 25 heavy (non-hydrogen) atoms. The summed E-state index contributed by atoms with van der Waals surface area (Å²) in [6.07, 6.45) is -0.423. The molecular formula is C18H23ClN2O3S. The normalized spacial score (nSPS) is 16.8. The number of ether oxygens (including phenoxy) is 2. The number of morpholine rings is 1. The predicted molar refractivity (Wildman–Crippen MR) is 101 cm³/mol. The van der Waals surface area contributed by atoms with Crippen molar-refractivity contribution in [2.75, 3.05) is 26.8 Å². The summed E-state index contributed by atoms with van der Waals surface area (Å²) in [5.74, 6) is 0.811. The zero-order valence-corrected chi connectivity index (χ0v) is 15.8. The molecule has 0 aliphatic carbocycles. The van der Waals surface area contributed by atoms with E-state index in [4.69, 9.17) is 9.47 Å². The highest BCUT2D eigenvalue weighted by atomic mass is 35.5. The number of hydrogen-bond donors (Lipinski definition) is 1. The molecule has 1 N–H and O–H groups in total. The van der Waals surface area contributed by atoms with Crippen molar-refractivity contribution in [3.05, 3.63) is 52.2 Å². The second kappa shape index (κ2) is 9.77. The van der Waals surface area contributed by atoms with Gasteiger partial charge >= 0.3 is 0 Å². The molecule has 1 aromatic carbocycles. The quantitative estimate of drug-likeness (QED) is 0.834. The van der Waals surface area contributed by atoms with E-state index < -0.39 is 6.10 Å². The van der Waals surface area contributed by atoms with Gasteiger partial charge in [-0.2, -0.15) is 0 Å². The molecule has 7 heteroatoms. The third kappa shape index (κ3) is 5.19. The zero-order chi connectivity index (χ0) is 16.8. The maximum absolute atomic E-state index is 13.0. The minimum absolute atomic E-state index is 0. The molecule has 1 unspecified atom stereocenters. The van der Waals surface area contributed by atoms with E-state index in [-0.39, 0.29) is 18.3 Å². The van der Waals surface area contributed by atoms with E-state index in [1.807, 2.05) is 46.7 Å². The summed E-state index contributed by atoms with van der Waals surface area (Å²) in [6.45, 7) is 3.00. The lowest BCUT2D eigenvalue weighted by Gasteiger charge is -2.30. The molecule has 5 nitrogen and oxygen atoms in total. The molecule has 2 heterocycles. The van der Waals surface area contributed by atoms with Crippen molar-refractivity contribution in [1.29, 1.82) is 0 Å². The molecule has 1 saturated heterocycles. The van der Waals surface area contributed by atoms with E-state index >= 15 is 0 Å². The van der Waals surface area contributed by atoms with Gasteiger partial charge in [0.05, 0.1) is 20.3 Å². The molecule has 0 bridgehead atoms. The van der Waals surface area contributed by atoms with Crippen LogP contribution in [0.4, 0.5) is 0 Å². The Morgan fingerprint density at radius 1 is 1.32 bits per heavy atom. The Kier molecular flexibility index (Phi) is 7.71. The summed E-state index contributed by atoms with van der Waals surface area (Å²) < 4.78 is 11.1. The molecular weight excluding hydrogens is 360 g/mol. The molecule has 2 aromatic rings. The van der Waals surface area contributed by atoms with Crippen LogP contribution < -0.4 is 10.1 Å². The summed E-state index contributed by atoms with van der Waals surface area (Å²) in [5.41, 5.74) is 0.994. The highest BCUT2D eigenvalue weighted by molar-refractivity contribution is 7.09. The third-order valence-electron chi connectivity index (χ3n) is 4.00. The Labute approximate surface area is 158 Å². The molecule has 1 amide bonds. The molecule has 0 saturated carbocycles. The maximum Gasteiger partial charge on any atom is 0.253 e. The number of carbonyl (C=O) groups excluding carboxylic acids is 1. The van der Waals surface area contributed by atoms with Gasteiger partial charge in [-0.25, -0.2) is 0 Å². The van der Waals surface area contributed by atoms with Crippen molar-refractivity contribution in [2.45, 2.75) is 19.2 Å². The number of methoxy groups -OCH3 is 1. The van der Waals surface area contributed by atoms with Crippen LogP contribution in [0.5, 0.6) is 5.75 Å². The van der Waals surface area contributed by atoms with Crippen molar-refractivity contribution < 1.29 is 14.3 Å². The lowest BCUT2D eigenvalue weighted by Crippen LogP contribution is -2.49. The van der Waals surface area contributed by atoms with Crippen LogP contribution in [0, 0.1) is 0 Å². The second-order valence-electron chi connectivity index (χ2n) is 5.65. The Morgan fingerprint density at radius 2 is 2.16 bits per heavy atom. The number of halogens is 1. The molecule has 1 aliphatic heterocycles. The molecule has 1 aromatic heterocycles. The van der Waals surface area contributed by atoms with Crippen molar-refractivity contribution >= 4 is 29.7 Å². The van der Waals surface area contributed by atoms with Gasteiger partial charge in [0.15, 0.2) is 0 Å². The van der Waals surface area contributed by atoms with E-state index in [9.17, 15) is 4.79 Å². The first-order valence-electron chi connectivity index (χ1n) is 8.03. The third-order valence-corrected chi connectivity index (χ3v) is 4.86. The number of para-hydroxylation sites is 1. The summed E-state index contributed by atoms with van der Waals surface area (Å²) in [6, 6.07) is 11.9. The smallest absolute Gasteiger partial charge is 0.253 e. The van der Waals surface area contributed by atoms with Crippen LogP contribution in [-0.2, 0) is 22.6 Å². The van der Waals surface area contributed by atoms with Gasteiger partial charge in [-0.15, -0.1) is 23.7 Å². The van der Waals surface area contributed by atoms with Gasteiger partial charge in [0.1, 0.15) is 11.9 Å². The van der Waals surface area contributed by atoms with Crippen LogP contribution in [0.1, 0.15) is 10.4 Å².